The third kappa shape index (κ3) is 4.01. The summed E-state index contributed by atoms with van der Waals surface area (Å²) in [6, 6.07) is 4.39. The minimum absolute atomic E-state index is 0.0548. The summed E-state index contributed by atoms with van der Waals surface area (Å²) in [6.45, 7) is 4.26. The van der Waals surface area contributed by atoms with E-state index in [4.69, 9.17) is 10.5 Å². The van der Waals surface area contributed by atoms with Crippen LogP contribution >= 0.6 is 22.7 Å². The molecule has 1 aliphatic rings. The first-order valence-electron chi connectivity index (χ1n) is 7.94. The number of nitrogens with two attached hydrogens (primary N) is 1. The van der Waals surface area contributed by atoms with Crippen LogP contribution in [0.2, 0.25) is 0 Å². The van der Waals surface area contributed by atoms with Gasteiger partial charge in [-0.05, 0) is 11.4 Å². The Balaban J connectivity index is 1.72. The fraction of sp³-hybridized carbons (Fsp3) is 0.500. The Bertz CT molecular complexity index is 653. The minimum Gasteiger partial charge on any atom is -0.379 e. The average molecular weight is 367 g/mol. The predicted molar refractivity (Wildman–Crippen MR) is 96.4 cm³/mol. The average Bonchev–Trinajstić information content (AvgIpc) is 3.31. The number of carbonyl (C=O) groups excluding carboxylic acids is 1. The molecule has 1 atom stereocenters. The van der Waals surface area contributed by atoms with E-state index in [1.807, 2.05) is 7.05 Å². The van der Waals surface area contributed by atoms with Gasteiger partial charge in [0.25, 0.3) is 5.91 Å². The second kappa shape index (κ2) is 8.17. The quantitative estimate of drug-likeness (QED) is 0.844. The van der Waals surface area contributed by atoms with Crippen LogP contribution < -0.4 is 5.73 Å². The molecular formula is C16H22N4O2S2. The van der Waals surface area contributed by atoms with Crippen LogP contribution in [0.5, 0.6) is 0 Å². The third-order valence-electron chi connectivity index (χ3n) is 4.10. The number of aromatic nitrogens is 1. The summed E-state index contributed by atoms with van der Waals surface area (Å²) in [6.07, 6.45) is 0. The van der Waals surface area contributed by atoms with Gasteiger partial charge in [0.05, 0.1) is 19.3 Å². The van der Waals surface area contributed by atoms with Crippen molar-refractivity contribution in [1.82, 2.24) is 14.8 Å². The molecule has 1 saturated heterocycles. The number of amides is 1. The van der Waals surface area contributed by atoms with Crippen LogP contribution in [0.15, 0.2) is 22.9 Å². The first-order chi connectivity index (χ1) is 11.7. The lowest BCUT2D eigenvalue weighted by Gasteiger charge is -2.36. The van der Waals surface area contributed by atoms with Crippen LogP contribution in [0.25, 0.3) is 0 Å². The van der Waals surface area contributed by atoms with E-state index in [2.05, 4.69) is 27.4 Å². The summed E-state index contributed by atoms with van der Waals surface area (Å²) in [5.41, 5.74) is 6.07. The Kier molecular flexibility index (Phi) is 5.96. The van der Waals surface area contributed by atoms with Gasteiger partial charge in [-0.3, -0.25) is 9.69 Å². The highest BCUT2D eigenvalue weighted by molar-refractivity contribution is 7.10. The third-order valence-corrected chi connectivity index (χ3v) is 5.94. The lowest BCUT2D eigenvalue weighted by molar-refractivity contribution is 0.0103. The van der Waals surface area contributed by atoms with Crippen molar-refractivity contribution >= 4 is 28.6 Å². The van der Waals surface area contributed by atoms with Gasteiger partial charge in [0, 0.05) is 43.5 Å². The van der Waals surface area contributed by atoms with E-state index in [1.54, 1.807) is 21.6 Å². The largest absolute Gasteiger partial charge is 0.379 e. The van der Waals surface area contributed by atoms with Crippen molar-refractivity contribution in [3.63, 3.8) is 0 Å². The van der Waals surface area contributed by atoms with Gasteiger partial charge in [0.1, 0.15) is 10.7 Å². The molecule has 0 radical (unpaired) electrons. The number of thiazole rings is 1. The summed E-state index contributed by atoms with van der Waals surface area (Å²) in [5, 5.41) is 4.66. The van der Waals surface area contributed by atoms with E-state index in [9.17, 15) is 4.79 Å². The molecule has 3 heterocycles. The number of rotatable bonds is 6. The lowest BCUT2D eigenvalue weighted by atomic mass is 10.1. The van der Waals surface area contributed by atoms with Crippen molar-refractivity contribution in [3.8, 4) is 0 Å². The lowest BCUT2D eigenvalue weighted by Crippen LogP contribution is -2.44. The monoisotopic (exact) mass is 366 g/mol. The highest BCUT2D eigenvalue weighted by Gasteiger charge is 2.27. The van der Waals surface area contributed by atoms with Crippen molar-refractivity contribution in [1.29, 1.82) is 0 Å². The number of thiophene rings is 1. The zero-order chi connectivity index (χ0) is 16.9. The van der Waals surface area contributed by atoms with Gasteiger partial charge in [0.15, 0.2) is 0 Å². The molecule has 1 aliphatic heterocycles. The van der Waals surface area contributed by atoms with Crippen molar-refractivity contribution in [2.45, 2.75) is 12.6 Å². The van der Waals surface area contributed by atoms with Gasteiger partial charge >= 0.3 is 0 Å². The number of hydrogen-bond acceptors (Lipinski definition) is 7. The Morgan fingerprint density at radius 1 is 1.46 bits per heavy atom. The molecule has 0 bridgehead atoms. The van der Waals surface area contributed by atoms with E-state index < -0.39 is 0 Å². The summed E-state index contributed by atoms with van der Waals surface area (Å²) in [5.74, 6) is -0.0548. The van der Waals surface area contributed by atoms with Gasteiger partial charge in [-0.2, -0.15) is 0 Å². The first-order valence-corrected chi connectivity index (χ1v) is 9.70. The molecule has 1 unspecified atom stereocenters. The van der Waals surface area contributed by atoms with Crippen LogP contribution in [0.1, 0.15) is 26.4 Å². The molecule has 1 fully saturated rings. The van der Waals surface area contributed by atoms with Crippen molar-refractivity contribution < 1.29 is 9.53 Å². The Hall–Kier alpha value is -1.32. The van der Waals surface area contributed by atoms with Crippen molar-refractivity contribution in [2.24, 2.45) is 5.73 Å². The highest BCUT2D eigenvalue weighted by atomic mass is 32.1. The van der Waals surface area contributed by atoms with E-state index in [0.29, 0.717) is 18.8 Å². The second-order valence-electron chi connectivity index (χ2n) is 5.70. The zero-order valence-electron chi connectivity index (χ0n) is 13.7. The molecule has 130 valence electrons. The highest BCUT2D eigenvalue weighted by Crippen LogP contribution is 2.27. The van der Waals surface area contributed by atoms with Crippen molar-refractivity contribution in [2.75, 3.05) is 39.9 Å². The number of nitrogens with zero attached hydrogens (tertiary/aromatic N) is 3. The van der Waals surface area contributed by atoms with Crippen LogP contribution in [0.4, 0.5) is 0 Å². The van der Waals surface area contributed by atoms with Gasteiger partial charge < -0.3 is 15.4 Å². The zero-order valence-corrected chi connectivity index (χ0v) is 15.3. The first kappa shape index (κ1) is 17.5. The Morgan fingerprint density at radius 3 is 2.88 bits per heavy atom. The van der Waals surface area contributed by atoms with Gasteiger partial charge in [-0.15, -0.1) is 22.7 Å². The maximum atomic E-state index is 12.7. The number of morpholine rings is 1. The maximum Gasteiger partial charge on any atom is 0.273 e. The Morgan fingerprint density at radius 2 is 2.25 bits per heavy atom. The molecule has 0 spiro atoms. The van der Waals surface area contributed by atoms with Crippen molar-refractivity contribution in [3.05, 3.63) is 38.5 Å². The molecule has 8 heteroatoms. The number of ether oxygens (including phenoxy) is 1. The summed E-state index contributed by atoms with van der Waals surface area (Å²) < 4.78 is 5.46. The molecule has 0 aliphatic carbocycles. The molecule has 0 saturated carbocycles. The molecule has 0 aromatic carbocycles. The van der Waals surface area contributed by atoms with Gasteiger partial charge in [0.2, 0.25) is 0 Å². The summed E-state index contributed by atoms with van der Waals surface area (Å²) in [4.78, 5) is 22.4. The summed E-state index contributed by atoms with van der Waals surface area (Å²) in [7, 11) is 1.84. The van der Waals surface area contributed by atoms with Crippen LogP contribution in [0, 0.1) is 0 Å². The summed E-state index contributed by atoms with van der Waals surface area (Å²) >= 11 is 3.16. The smallest absolute Gasteiger partial charge is 0.273 e. The normalized spacial score (nSPS) is 16.9. The molecule has 2 N–H and O–H groups in total. The molecule has 3 rings (SSSR count). The van der Waals surface area contributed by atoms with Gasteiger partial charge in [-0.25, -0.2) is 4.98 Å². The van der Waals surface area contributed by atoms with E-state index >= 15 is 0 Å². The van der Waals surface area contributed by atoms with Crippen LogP contribution in [-0.2, 0) is 11.3 Å². The molecule has 2 aromatic rings. The Labute approximate surface area is 149 Å². The number of hydrogen-bond donors (Lipinski definition) is 1. The van der Waals surface area contributed by atoms with E-state index in [1.165, 1.54) is 16.2 Å². The second-order valence-corrected chi connectivity index (χ2v) is 7.62. The predicted octanol–water partition coefficient (Wildman–Crippen LogP) is 1.81. The maximum absolute atomic E-state index is 12.7. The van der Waals surface area contributed by atoms with E-state index in [0.717, 1.165) is 31.3 Å². The SMILES string of the molecule is CN(CC(c1cccs1)N1CCOCC1)C(=O)c1csc(CN)n1. The fourth-order valence-electron chi connectivity index (χ4n) is 2.80. The van der Waals surface area contributed by atoms with Crippen LogP contribution in [-0.4, -0.2) is 60.6 Å². The standard InChI is InChI=1S/C16H22N4O2S2/c1-19(16(21)12-11-24-15(9-17)18-12)10-13(14-3-2-8-23-14)20-4-6-22-7-5-20/h2-3,8,11,13H,4-7,9-10,17H2,1H3. The number of likely N-dealkylation sites (N-methyl/N-ethyl adjacent to an activating group) is 1. The topological polar surface area (TPSA) is 71.7 Å². The minimum atomic E-state index is -0.0548. The van der Waals surface area contributed by atoms with Crippen LogP contribution in [0.3, 0.4) is 0 Å². The molecule has 24 heavy (non-hydrogen) atoms. The van der Waals surface area contributed by atoms with E-state index in [-0.39, 0.29) is 11.9 Å². The molecule has 2 aromatic heterocycles. The molecule has 6 nitrogen and oxygen atoms in total. The molecule has 1 amide bonds. The molecular weight excluding hydrogens is 344 g/mol. The fourth-order valence-corrected chi connectivity index (χ4v) is 4.30. The van der Waals surface area contributed by atoms with Gasteiger partial charge in [-0.1, -0.05) is 6.07 Å². The number of carbonyl (C=O) groups is 1.